The van der Waals surface area contributed by atoms with Gasteiger partial charge in [0.15, 0.2) is 0 Å². The summed E-state index contributed by atoms with van der Waals surface area (Å²) in [6.07, 6.45) is 2.09. The molecule has 0 amide bonds. The fraction of sp³-hybridized carbons (Fsp3) is 0.143. The van der Waals surface area contributed by atoms with Crippen LogP contribution in [0.15, 0.2) is 85.1 Å². The summed E-state index contributed by atoms with van der Waals surface area (Å²) in [6, 6.07) is 25.4. The van der Waals surface area contributed by atoms with Gasteiger partial charge in [-0.05, 0) is 54.4 Å². The van der Waals surface area contributed by atoms with E-state index >= 15 is 0 Å². The average Bonchev–Trinajstić information content (AvgIpc) is 3.44. The van der Waals surface area contributed by atoms with Gasteiger partial charge in [-0.15, -0.1) is 0 Å². The van der Waals surface area contributed by atoms with E-state index in [1.54, 1.807) is 11.6 Å². The second-order valence-electron chi connectivity index (χ2n) is 8.23. The Hall–Kier alpha value is -3.54. The highest BCUT2D eigenvalue weighted by Gasteiger charge is 2.20. The van der Waals surface area contributed by atoms with Crippen molar-refractivity contribution in [1.82, 2.24) is 14.3 Å². The Kier molecular flexibility index (Phi) is 6.62. The Morgan fingerprint density at radius 3 is 2.17 bits per heavy atom. The van der Waals surface area contributed by atoms with E-state index in [-0.39, 0.29) is 0 Å². The smallest absolute Gasteiger partial charge is 0.356 e. The molecule has 0 saturated heterocycles. The monoisotopic (exact) mass is 503 g/mol. The lowest BCUT2D eigenvalue weighted by molar-refractivity contribution is 0.0512. The van der Waals surface area contributed by atoms with Gasteiger partial charge in [-0.2, -0.15) is 5.10 Å². The number of halogens is 2. The van der Waals surface area contributed by atoms with Crippen molar-refractivity contribution in [3.8, 4) is 11.3 Å². The molecule has 0 atom stereocenters. The van der Waals surface area contributed by atoms with Crippen molar-refractivity contribution >= 4 is 40.1 Å². The van der Waals surface area contributed by atoms with Crippen molar-refractivity contribution < 1.29 is 9.53 Å². The predicted octanol–water partition coefficient (Wildman–Crippen LogP) is 7.08. The summed E-state index contributed by atoms with van der Waals surface area (Å²) >= 11 is 12.1. The van der Waals surface area contributed by atoms with Crippen LogP contribution in [-0.2, 0) is 17.8 Å². The van der Waals surface area contributed by atoms with Gasteiger partial charge in [-0.3, -0.25) is 4.68 Å². The lowest BCUT2D eigenvalue weighted by Gasteiger charge is -2.07. The molecule has 0 radical (unpaired) electrons. The molecule has 0 aliphatic rings. The third-order valence-electron chi connectivity index (χ3n) is 5.84. The van der Waals surface area contributed by atoms with Gasteiger partial charge in [0.05, 0.1) is 18.8 Å². The SMILES string of the molecule is CCOC(=O)c1cc(-c2cn(Cc3ccc(Cl)cc3)c3ccccc23)nn1Cc1ccc(Cl)cc1. The molecule has 176 valence electrons. The standard InChI is InChI=1S/C28H23Cl2N3O2/c1-2-35-28(34)27-15-25(31-33(27)17-20-9-13-22(30)14-10-20)24-18-32(26-6-4-3-5-23(24)26)16-19-7-11-21(29)12-8-19/h3-15,18H,2,16-17H2,1H3. The first-order chi connectivity index (χ1) is 17.0. The van der Waals surface area contributed by atoms with Gasteiger partial charge in [0.2, 0.25) is 0 Å². The van der Waals surface area contributed by atoms with Crippen LogP contribution < -0.4 is 0 Å². The van der Waals surface area contributed by atoms with Crippen LogP contribution in [0.1, 0.15) is 28.5 Å². The predicted molar refractivity (Wildman–Crippen MR) is 140 cm³/mol. The minimum atomic E-state index is -0.398. The third-order valence-corrected chi connectivity index (χ3v) is 6.34. The van der Waals surface area contributed by atoms with Gasteiger partial charge in [-0.1, -0.05) is 65.7 Å². The van der Waals surface area contributed by atoms with E-state index in [1.165, 1.54) is 0 Å². The molecular formula is C28H23Cl2N3O2. The summed E-state index contributed by atoms with van der Waals surface area (Å²) in [4.78, 5) is 12.8. The number of hydrogen-bond donors (Lipinski definition) is 0. The molecule has 0 spiro atoms. The average molecular weight is 504 g/mol. The summed E-state index contributed by atoms with van der Waals surface area (Å²) in [5.41, 5.74) is 5.29. The molecule has 35 heavy (non-hydrogen) atoms. The first kappa shape index (κ1) is 23.2. The van der Waals surface area contributed by atoms with E-state index in [0.29, 0.717) is 41.1 Å². The van der Waals surface area contributed by atoms with Crippen molar-refractivity contribution in [3.63, 3.8) is 0 Å². The zero-order valence-corrected chi connectivity index (χ0v) is 20.6. The first-order valence-corrected chi connectivity index (χ1v) is 12.1. The quantitative estimate of drug-likeness (QED) is 0.223. The number of nitrogens with zero attached hydrogens (tertiary/aromatic N) is 3. The largest absolute Gasteiger partial charge is 0.461 e. The van der Waals surface area contributed by atoms with Gasteiger partial charge in [0.1, 0.15) is 5.69 Å². The lowest BCUT2D eigenvalue weighted by Crippen LogP contribution is -2.14. The Balaban J connectivity index is 1.57. The number of fused-ring (bicyclic) bond motifs is 1. The number of para-hydroxylation sites is 1. The van der Waals surface area contributed by atoms with Crippen molar-refractivity contribution in [3.05, 3.63) is 112 Å². The molecule has 5 rings (SSSR count). The molecule has 0 bridgehead atoms. The normalized spacial score (nSPS) is 11.2. The number of aromatic nitrogens is 3. The summed E-state index contributed by atoms with van der Waals surface area (Å²) < 4.78 is 9.21. The van der Waals surface area contributed by atoms with Crippen LogP contribution in [0.25, 0.3) is 22.2 Å². The molecule has 2 aromatic heterocycles. The van der Waals surface area contributed by atoms with Gasteiger partial charge in [0, 0.05) is 39.3 Å². The van der Waals surface area contributed by atoms with E-state index < -0.39 is 5.97 Å². The highest BCUT2D eigenvalue weighted by molar-refractivity contribution is 6.30. The van der Waals surface area contributed by atoms with Gasteiger partial charge in [-0.25, -0.2) is 4.79 Å². The van der Waals surface area contributed by atoms with E-state index in [9.17, 15) is 4.79 Å². The lowest BCUT2D eigenvalue weighted by atomic mass is 10.1. The topological polar surface area (TPSA) is 49.1 Å². The van der Waals surface area contributed by atoms with Crippen molar-refractivity contribution in [2.75, 3.05) is 6.61 Å². The highest BCUT2D eigenvalue weighted by atomic mass is 35.5. The van der Waals surface area contributed by atoms with Crippen molar-refractivity contribution in [2.24, 2.45) is 0 Å². The molecular weight excluding hydrogens is 481 g/mol. The Morgan fingerprint density at radius 2 is 1.51 bits per heavy atom. The second-order valence-corrected chi connectivity index (χ2v) is 9.11. The minimum absolute atomic E-state index is 0.292. The molecule has 0 aliphatic carbocycles. The maximum Gasteiger partial charge on any atom is 0.356 e. The number of benzene rings is 3. The third kappa shape index (κ3) is 4.97. The zero-order chi connectivity index (χ0) is 24.4. The first-order valence-electron chi connectivity index (χ1n) is 11.3. The number of ether oxygens (including phenoxy) is 1. The van der Waals surface area contributed by atoms with Crippen LogP contribution in [0.4, 0.5) is 0 Å². The molecule has 3 aromatic carbocycles. The van der Waals surface area contributed by atoms with Crippen LogP contribution in [-0.4, -0.2) is 26.9 Å². The van der Waals surface area contributed by atoms with Gasteiger partial charge < -0.3 is 9.30 Å². The zero-order valence-electron chi connectivity index (χ0n) is 19.1. The fourth-order valence-electron chi connectivity index (χ4n) is 4.17. The minimum Gasteiger partial charge on any atom is -0.461 e. The number of hydrogen-bond acceptors (Lipinski definition) is 3. The van der Waals surface area contributed by atoms with E-state index in [4.69, 9.17) is 33.0 Å². The molecule has 0 saturated carbocycles. The number of carbonyl (C=O) groups is 1. The molecule has 0 unspecified atom stereocenters. The molecule has 2 heterocycles. The van der Waals surface area contributed by atoms with E-state index in [1.807, 2.05) is 66.7 Å². The van der Waals surface area contributed by atoms with Gasteiger partial charge in [0.25, 0.3) is 0 Å². The Labute approximate surface area is 213 Å². The van der Waals surface area contributed by atoms with Crippen LogP contribution >= 0.6 is 23.2 Å². The molecule has 0 fully saturated rings. The Morgan fingerprint density at radius 1 is 0.886 bits per heavy atom. The molecule has 7 heteroatoms. The fourth-order valence-corrected chi connectivity index (χ4v) is 4.42. The highest BCUT2D eigenvalue weighted by Crippen LogP contribution is 2.31. The van der Waals surface area contributed by atoms with E-state index in [0.717, 1.165) is 27.6 Å². The van der Waals surface area contributed by atoms with Crippen LogP contribution in [0.5, 0.6) is 0 Å². The van der Waals surface area contributed by atoms with Crippen LogP contribution in [0.3, 0.4) is 0 Å². The summed E-state index contributed by atoms with van der Waals surface area (Å²) in [5.74, 6) is -0.398. The number of carbonyl (C=O) groups excluding carboxylic acids is 1. The maximum atomic E-state index is 12.8. The molecule has 5 aromatic rings. The second kappa shape index (κ2) is 9.98. The molecule has 0 N–H and O–H groups in total. The van der Waals surface area contributed by atoms with Crippen LogP contribution in [0, 0.1) is 0 Å². The van der Waals surface area contributed by atoms with Crippen molar-refractivity contribution in [1.29, 1.82) is 0 Å². The molecule has 0 aliphatic heterocycles. The summed E-state index contributed by atoms with van der Waals surface area (Å²) in [6.45, 7) is 3.20. The molecule has 5 nitrogen and oxygen atoms in total. The Bertz CT molecular complexity index is 1490. The van der Waals surface area contributed by atoms with Crippen molar-refractivity contribution in [2.45, 2.75) is 20.0 Å². The summed E-state index contributed by atoms with van der Waals surface area (Å²) in [7, 11) is 0. The van der Waals surface area contributed by atoms with E-state index in [2.05, 4.69) is 22.9 Å². The number of rotatable bonds is 7. The number of esters is 1. The van der Waals surface area contributed by atoms with Crippen LogP contribution in [0.2, 0.25) is 10.0 Å². The summed E-state index contributed by atoms with van der Waals surface area (Å²) in [5, 5.41) is 7.27. The maximum absolute atomic E-state index is 12.8. The van der Waals surface area contributed by atoms with Gasteiger partial charge >= 0.3 is 5.97 Å².